The molecule has 150 valence electrons. The Hall–Kier alpha value is -3.41. The van der Waals surface area contributed by atoms with E-state index in [1.54, 1.807) is 24.3 Å². The number of nitrogens with zero attached hydrogens (tertiary/aromatic N) is 2. The Bertz CT molecular complexity index is 1010. The molecule has 1 heterocycles. The first-order chi connectivity index (χ1) is 13.8. The third-order valence-electron chi connectivity index (χ3n) is 4.74. The van der Waals surface area contributed by atoms with Gasteiger partial charge in [0.05, 0.1) is 17.8 Å². The van der Waals surface area contributed by atoms with Crippen molar-refractivity contribution in [1.29, 1.82) is 0 Å². The SMILES string of the molecule is Cc1nn(-c2ccccc2)c(C)c1CC(=O)Nc1ccc(NC(=O)C(C)C)cc1. The average molecular weight is 390 g/mol. The summed E-state index contributed by atoms with van der Waals surface area (Å²) in [5.74, 6) is -0.233. The fraction of sp³-hybridized carbons (Fsp3) is 0.261. The van der Waals surface area contributed by atoms with Crippen molar-refractivity contribution in [3.05, 3.63) is 71.5 Å². The van der Waals surface area contributed by atoms with Crippen molar-refractivity contribution in [1.82, 2.24) is 9.78 Å². The molecule has 0 bridgehead atoms. The van der Waals surface area contributed by atoms with Crippen LogP contribution in [0.1, 0.15) is 30.8 Å². The lowest BCUT2D eigenvalue weighted by Gasteiger charge is -2.10. The first kappa shape index (κ1) is 20.3. The van der Waals surface area contributed by atoms with Gasteiger partial charge in [0, 0.05) is 28.6 Å². The maximum Gasteiger partial charge on any atom is 0.228 e. The predicted molar refractivity (Wildman–Crippen MR) is 115 cm³/mol. The number of hydrogen-bond acceptors (Lipinski definition) is 3. The van der Waals surface area contributed by atoms with Gasteiger partial charge in [-0.3, -0.25) is 9.59 Å². The van der Waals surface area contributed by atoms with Crippen molar-refractivity contribution < 1.29 is 9.59 Å². The van der Waals surface area contributed by atoms with E-state index in [4.69, 9.17) is 0 Å². The number of anilines is 2. The molecule has 0 saturated heterocycles. The van der Waals surface area contributed by atoms with Crippen molar-refractivity contribution in [2.75, 3.05) is 10.6 Å². The van der Waals surface area contributed by atoms with Gasteiger partial charge < -0.3 is 10.6 Å². The zero-order valence-corrected chi connectivity index (χ0v) is 17.2. The van der Waals surface area contributed by atoms with Crippen LogP contribution in [0.5, 0.6) is 0 Å². The summed E-state index contributed by atoms with van der Waals surface area (Å²) >= 11 is 0. The molecular weight excluding hydrogens is 364 g/mol. The van der Waals surface area contributed by atoms with E-state index in [-0.39, 0.29) is 24.2 Å². The molecule has 3 rings (SSSR count). The van der Waals surface area contributed by atoms with Gasteiger partial charge in [0.25, 0.3) is 0 Å². The normalized spacial score (nSPS) is 10.8. The van der Waals surface area contributed by atoms with Crippen LogP contribution in [0.25, 0.3) is 5.69 Å². The van der Waals surface area contributed by atoms with Crippen LogP contribution in [-0.2, 0) is 16.0 Å². The van der Waals surface area contributed by atoms with Crippen molar-refractivity contribution >= 4 is 23.2 Å². The van der Waals surface area contributed by atoms with Crippen LogP contribution in [0, 0.1) is 19.8 Å². The standard InChI is InChI=1S/C23H26N4O2/c1-15(2)23(29)25-19-12-10-18(11-13-19)24-22(28)14-21-16(3)26-27(17(21)4)20-8-6-5-7-9-20/h5-13,15H,14H2,1-4H3,(H,24,28)(H,25,29). The van der Waals surface area contributed by atoms with Crippen LogP contribution in [0.15, 0.2) is 54.6 Å². The summed E-state index contributed by atoms with van der Waals surface area (Å²) in [4.78, 5) is 24.3. The highest BCUT2D eigenvalue weighted by atomic mass is 16.2. The second-order valence-corrected chi connectivity index (χ2v) is 7.34. The van der Waals surface area contributed by atoms with Crippen molar-refractivity contribution in [2.45, 2.75) is 34.1 Å². The molecular formula is C23H26N4O2. The molecule has 0 saturated carbocycles. The van der Waals surface area contributed by atoms with Crippen LogP contribution in [-0.4, -0.2) is 21.6 Å². The fourth-order valence-electron chi connectivity index (χ4n) is 3.04. The molecule has 0 atom stereocenters. The van der Waals surface area contributed by atoms with Crippen LogP contribution in [0.4, 0.5) is 11.4 Å². The molecule has 0 fully saturated rings. The topological polar surface area (TPSA) is 76.0 Å². The Morgan fingerprint density at radius 1 is 0.931 bits per heavy atom. The minimum atomic E-state index is -0.109. The molecule has 0 aliphatic heterocycles. The second-order valence-electron chi connectivity index (χ2n) is 7.34. The Morgan fingerprint density at radius 2 is 1.52 bits per heavy atom. The monoisotopic (exact) mass is 390 g/mol. The zero-order valence-electron chi connectivity index (χ0n) is 17.2. The number of carbonyl (C=O) groups is 2. The molecule has 3 aromatic rings. The summed E-state index contributed by atoms with van der Waals surface area (Å²) in [6.45, 7) is 7.57. The van der Waals surface area contributed by atoms with E-state index < -0.39 is 0 Å². The van der Waals surface area contributed by atoms with Gasteiger partial charge in [-0.25, -0.2) is 4.68 Å². The second kappa shape index (κ2) is 8.73. The lowest BCUT2D eigenvalue weighted by atomic mass is 10.1. The minimum Gasteiger partial charge on any atom is -0.326 e. The highest BCUT2D eigenvalue weighted by Crippen LogP contribution is 2.20. The Kier molecular flexibility index (Phi) is 6.12. The maximum absolute atomic E-state index is 12.6. The maximum atomic E-state index is 12.6. The number of benzene rings is 2. The van der Waals surface area contributed by atoms with Gasteiger partial charge in [-0.15, -0.1) is 0 Å². The molecule has 1 aromatic heterocycles. The minimum absolute atomic E-state index is 0.0387. The Morgan fingerprint density at radius 3 is 2.10 bits per heavy atom. The molecule has 0 aliphatic rings. The van der Waals surface area contributed by atoms with E-state index >= 15 is 0 Å². The third-order valence-corrected chi connectivity index (χ3v) is 4.74. The average Bonchev–Trinajstić information content (AvgIpc) is 2.98. The van der Waals surface area contributed by atoms with E-state index in [2.05, 4.69) is 15.7 Å². The van der Waals surface area contributed by atoms with Gasteiger partial charge in [-0.05, 0) is 50.2 Å². The Labute approximate surface area is 170 Å². The van der Waals surface area contributed by atoms with Gasteiger partial charge in [-0.1, -0.05) is 32.0 Å². The van der Waals surface area contributed by atoms with Gasteiger partial charge in [0.1, 0.15) is 0 Å². The number of nitrogens with one attached hydrogen (secondary N) is 2. The molecule has 0 unspecified atom stereocenters. The molecule has 0 radical (unpaired) electrons. The lowest BCUT2D eigenvalue weighted by Crippen LogP contribution is -2.18. The van der Waals surface area contributed by atoms with Crippen molar-refractivity contribution in [2.24, 2.45) is 5.92 Å². The number of amides is 2. The van der Waals surface area contributed by atoms with Crippen LogP contribution >= 0.6 is 0 Å². The number of para-hydroxylation sites is 1. The molecule has 0 aliphatic carbocycles. The molecule has 0 spiro atoms. The fourth-order valence-corrected chi connectivity index (χ4v) is 3.04. The third kappa shape index (κ3) is 4.90. The van der Waals surface area contributed by atoms with E-state index in [0.717, 1.165) is 22.6 Å². The molecule has 29 heavy (non-hydrogen) atoms. The number of rotatable bonds is 6. The van der Waals surface area contributed by atoms with E-state index in [1.165, 1.54) is 0 Å². The summed E-state index contributed by atoms with van der Waals surface area (Å²) in [6.07, 6.45) is 0.246. The van der Waals surface area contributed by atoms with Gasteiger partial charge >= 0.3 is 0 Å². The predicted octanol–water partition coefficient (Wildman–Crippen LogP) is 4.26. The quantitative estimate of drug-likeness (QED) is 0.660. The number of aromatic nitrogens is 2. The number of carbonyl (C=O) groups excluding carboxylic acids is 2. The molecule has 2 amide bonds. The summed E-state index contributed by atoms with van der Waals surface area (Å²) < 4.78 is 1.87. The Balaban J connectivity index is 1.67. The zero-order chi connectivity index (χ0) is 21.0. The number of aryl methyl sites for hydroxylation is 1. The summed E-state index contributed by atoms with van der Waals surface area (Å²) in [7, 11) is 0. The lowest BCUT2D eigenvalue weighted by molar-refractivity contribution is -0.119. The molecule has 6 nitrogen and oxygen atoms in total. The first-order valence-electron chi connectivity index (χ1n) is 9.66. The highest BCUT2D eigenvalue weighted by Gasteiger charge is 2.16. The van der Waals surface area contributed by atoms with E-state index in [9.17, 15) is 9.59 Å². The highest BCUT2D eigenvalue weighted by molar-refractivity contribution is 5.94. The summed E-state index contributed by atoms with van der Waals surface area (Å²) in [5, 5.41) is 10.3. The molecule has 6 heteroatoms. The number of hydrogen-bond donors (Lipinski definition) is 2. The van der Waals surface area contributed by atoms with E-state index in [0.29, 0.717) is 11.4 Å². The van der Waals surface area contributed by atoms with Crippen LogP contribution in [0.2, 0.25) is 0 Å². The van der Waals surface area contributed by atoms with Gasteiger partial charge in [0.2, 0.25) is 11.8 Å². The largest absolute Gasteiger partial charge is 0.326 e. The van der Waals surface area contributed by atoms with Gasteiger partial charge in [0.15, 0.2) is 0 Å². The van der Waals surface area contributed by atoms with Crippen molar-refractivity contribution in [3.63, 3.8) is 0 Å². The molecule has 2 N–H and O–H groups in total. The summed E-state index contributed by atoms with van der Waals surface area (Å²) in [6, 6.07) is 17.0. The van der Waals surface area contributed by atoms with Crippen LogP contribution in [0.3, 0.4) is 0 Å². The van der Waals surface area contributed by atoms with Gasteiger partial charge in [-0.2, -0.15) is 5.10 Å². The molecule has 2 aromatic carbocycles. The smallest absolute Gasteiger partial charge is 0.228 e. The first-order valence-corrected chi connectivity index (χ1v) is 9.66. The van der Waals surface area contributed by atoms with E-state index in [1.807, 2.05) is 62.7 Å². The summed E-state index contributed by atoms with van der Waals surface area (Å²) in [5.41, 5.74) is 5.08. The van der Waals surface area contributed by atoms with Crippen LogP contribution < -0.4 is 10.6 Å². The van der Waals surface area contributed by atoms with Crippen molar-refractivity contribution in [3.8, 4) is 5.69 Å².